The molecule has 1 aromatic carbocycles. The Kier molecular flexibility index (Phi) is 6.42. The van der Waals surface area contributed by atoms with Crippen molar-refractivity contribution in [2.24, 2.45) is 0 Å². The molecular weight excluding hydrogens is 420 g/mol. The Morgan fingerprint density at radius 3 is 2.42 bits per heavy atom. The van der Waals surface area contributed by atoms with Crippen molar-refractivity contribution in [2.45, 2.75) is 31.3 Å². The van der Waals surface area contributed by atoms with Gasteiger partial charge in [-0.3, -0.25) is 4.98 Å². The van der Waals surface area contributed by atoms with Gasteiger partial charge in [0.05, 0.1) is 31.3 Å². The molecule has 10 heteroatoms. The zero-order valence-corrected chi connectivity index (χ0v) is 18.5. The predicted octanol–water partition coefficient (Wildman–Crippen LogP) is 2.87. The lowest BCUT2D eigenvalue weighted by Crippen LogP contribution is -2.32. The van der Waals surface area contributed by atoms with Crippen LogP contribution in [-0.4, -0.2) is 47.8 Å². The lowest BCUT2D eigenvalue weighted by molar-refractivity contribution is 0.0413. The van der Waals surface area contributed by atoms with Gasteiger partial charge in [0.1, 0.15) is 16.2 Å². The minimum absolute atomic E-state index is 0.0128. The third-order valence-corrected chi connectivity index (χ3v) is 5.95. The van der Waals surface area contributed by atoms with E-state index in [-0.39, 0.29) is 23.2 Å². The molecule has 0 atom stereocenters. The number of rotatable bonds is 8. The molecule has 0 bridgehead atoms. The van der Waals surface area contributed by atoms with Gasteiger partial charge < -0.3 is 14.6 Å². The Balaban J connectivity index is 2.14. The summed E-state index contributed by atoms with van der Waals surface area (Å²) in [5.41, 5.74) is 0.0954. The molecule has 0 aliphatic carbocycles. The SMILES string of the molecule is COc1nc(C)cnc1N(c1ccc(OC(C)(C)CO)cc1)S(=O)(=O)c1cccnc1. The standard InChI is InChI=1S/C21H24N4O5S/c1-15-12-23-19(20(24-15)29-4)25(31(27,28)18-6-5-11-22-13-18)16-7-9-17(10-8-16)30-21(2,3)14-26/h5-13,26H,14H2,1-4H3. The second-order valence-electron chi connectivity index (χ2n) is 7.32. The minimum atomic E-state index is -4.10. The molecule has 31 heavy (non-hydrogen) atoms. The van der Waals surface area contributed by atoms with Crippen LogP contribution in [0.25, 0.3) is 0 Å². The summed E-state index contributed by atoms with van der Waals surface area (Å²) in [5.74, 6) is 0.555. The zero-order valence-electron chi connectivity index (χ0n) is 17.7. The fourth-order valence-electron chi connectivity index (χ4n) is 2.71. The van der Waals surface area contributed by atoms with Gasteiger partial charge in [-0.15, -0.1) is 0 Å². The van der Waals surface area contributed by atoms with E-state index in [9.17, 15) is 13.5 Å². The number of aromatic nitrogens is 3. The summed E-state index contributed by atoms with van der Waals surface area (Å²) < 4.78 is 39.2. The highest BCUT2D eigenvalue weighted by Crippen LogP contribution is 2.36. The van der Waals surface area contributed by atoms with Crippen LogP contribution in [0.4, 0.5) is 11.5 Å². The van der Waals surface area contributed by atoms with Gasteiger partial charge in [0.25, 0.3) is 15.9 Å². The smallest absolute Gasteiger partial charge is 0.271 e. The van der Waals surface area contributed by atoms with Crippen molar-refractivity contribution in [2.75, 3.05) is 18.0 Å². The Bertz CT molecular complexity index is 1140. The van der Waals surface area contributed by atoms with E-state index < -0.39 is 15.6 Å². The van der Waals surface area contributed by atoms with Crippen molar-refractivity contribution in [3.05, 3.63) is 60.7 Å². The lowest BCUT2D eigenvalue weighted by atomic mass is 10.1. The molecule has 0 saturated heterocycles. The first-order valence-corrected chi connectivity index (χ1v) is 10.8. The van der Waals surface area contributed by atoms with Crippen LogP contribution in [0.5, 0.6) is 11.6 Å². The number of aliphatic hydroxyl groups is 1. The van der Waals surface area contributed by atoms with E-state index in [0.29, 0.717) is 17.1 Å². The van der Waals surface area contributed by atoms with Crippen molar-refractivity contribution < 1.29 is 23.0 Å². The number of aliphatic hydroxyl groups excluding tert-OH is 1. The number of hydrogen-bond donors (Lipinski definition) is 1. The molecule has 2 aromatic heterocycles. The number of ether oxygens (including phenoxy) is 2. The Hall–Kier alpha value is -3.24. The molecule has 0 spiro atoms. The highest BCUT2D eigenvalue weighted by molar-refractivity contribution is 7.93. The maximum atomic E-state index is 13.5. The molecule has 9 nitrogen and oxygen atoms in total. The van der Waals surface area contributed by atoms with Gasteiger partial charge in [0.15, 0.2) is 0 Å². The van der Waals surface area contributed by atoms with Gasteiger partial charge in [-0.1, -0.05) is 0 Å². The fourth-order valence-corrected chi connectivity index (χ4v) is 4.11. The molecule has 164 valence electrons. The Morgan fingerprint density at radius 2 is 1.84 bits per heavy atom. The number of aryl methyl sites for hydroxylation is 1. The lowest BCUT2D eigenvalue weighted by Gasteiger charge is -2.26. The topological polar surface area (TPSA) is 115 Å². The van der Waals surface area contributed by atoms with Gasteiger partial charge in [0.2, 0.25) is 5.82 Å². The van der Waals surface area contributed by atoms with E-state index >= 15 is 0 Å². The highest BCUT2D eigenvalue weighted by Gasteiger charge is 2.31. The van der Waals surface area contributed by atoms with E-state index in [0.717, 1.165) is 4.31 Å². The summed E-state index contributed by atoms with van der Waals surface area (Å²) in [6.45, 7) is 5.04. The monoisotopic (exact) mass is 444 g/mol. The molecule has 0 aliphatic heterocycles. The second kappa shape index (κ2) is 8.86. The molecule has 3 aromatic rings. The Labute approximate surface area is 181 Å². The molecule has 0 saturated carbocycles. The van der Waals surface area contributed by atoms with E-state index in [4.69, 9.17) is 9.47 Å². The van der Waals surface area contributed by atoms with Gasteiger partial charge in [-0.25, -0.2) is 22.7 Å². The molecular formula is C21H24N4O5S. The van der Waals surface area contributed by atoms with E-state index in [1.807, 2.05) is 0 Å². The molecule has 1 N–H and O–H groups in total. The predicted molar refractivity (Wildman–Crippen MR) is 115 cm³/mol. The third-order valence-electron chi connectivity index (χ3n) is 4.25. The molecule has 0 aliphatic rings. The molecule has 2 heterocycles. The minimum Gasteiger partial charge on any atom is -0.485 e. The number of pyridine rings is 1. The molecule has 0 radical (unpaired) electrons. The van der Waals surface area contributed by atoms with Crippen LogP contribution in [-0.2, 0) is 10.0 Å². The number of sulfonamides is 1. The normalized spacial score (nSPS) is 11.8. The van der Waals surface area contributed by atoms with Crippen LogP contribution in [0, 0.1) is 6.92 Å². The number of methoxy groups -OCH3 is 1. The number of nitrogens with zero attached hydrogens (tertiary/aromatic N) is 4. The number of hydrogen-bond acceptors (Lipinski definition) is 8. The number of anilines is 2. The average Bonchev–Trinajstić information content (AvgIpc) is 2.76. The van der Waals surface area contributed by atoms with Crippen molar-refractivity contribution >= 4 is 21.5 Å². The van der Waals surface area contributed by atoms with Crippen molar-refractivity contribution in [1.82, 2.24) is 15.0 Å². The summed E-state index contributed by atoms with van der Waals surface area (Å²) in [6, 6.07) is 9.39. The van der Waals surface area contributed by atoms with Crippen LogP contribution in [0.3, 0.4) is 0 Å². The first-order valence-electron chi connectivity index (χ1n) is 9.41. The molecule has 3 rings (SSSR count). The van der Waals surface area contributed by atoms with E-state index in [1.54, 1.807) is 45.0 Å². The maximum Gasteiger partial charge on any atom is 0.271 e. The van der Waals surface area contributed by atoms with E-state index in [2.05, 4.69) is 15.0 Å². The van der Waals surface area contributed by atoms with Crippen molar-refractivity contribution in [1.29, 1.82) is 0 Å². The first-order chi connectivity index (χ1) is 14.7. The van der Waals surface area contributed by atoms with Crippen LogP contribution >= 0.6 is 0 Å². The molecule has 0 unspecified atom stereocenters. The van der Waals surface area contributed by atoms with E-state index in [1.165, 1.54) is 37.8 Å². The van der Waals surface area contributed by atoms with Gasteiger partial charge in [0, 0.05) is 12.4 Å². The first kappa shape index (κ1) is 22.4. The summed E-state index contributed by atoms with van der Waals surface area (Å²) in [7, 11) is -2.70. The van der Waals surface area contributed by atoms with Crippen LogP contribution in [0.2, 0.25) is 0 Å². The maximum absolute atomic E-state index is 13.5. The van der Waals surface area contributed by atoms with Crippen LogP contribution in [0.15, 0.2) is 59.9 Å². The summed E-state index contributed by atoms with van der Waals surface area (Å²) in [5, 5.41) is 9.41. The van der Waals surface area contributed by atoms with Crippen LogP contribution < -0.4 is 13.8 Å². The van der Waals surface area contributed by atoms with Gasteiger partial charge in [-0.2, -0.15) is 0 Å². The molecule has 0 fully saturated rings. The largest absolute Gasteiger partial charge is 0.485 e. The fraction of sp³-hybridized carbons (Fsp3) is 0.286. The highest BCUT2D eigenvalue weighted by atomic mass is 32.2. The van der Waals surface area contributed by atoms with Gasteiger partial charge in [-0.05, 0) is 57.2 Å². The van der Waals surface area contributed by atoms with Crippen molar-refractivity contribution in [3.8, 4) is 11.6 Å². The average molecular weight is 445 g/mol. The second-order valence-corrected chi connectivity index (χ2v) is 9.10. The third kappa shape index (κ3) is 4.92. The van der Waals surface area contributed by atoms with Gasteiger partial charge >= 0.3 is 0 Å². The summed E-state index contributed by atoms with van der Waals surface area (Å²) in [4.78, 5) is 12.5. The quantitative estimate of drug-likeness (QED) is 0.564. The molecule has 0 amide bonds. The van der Waals surface area contributed by atoms with Crippen molar-refractivity contribution in [3.63, 3.8) is 0 Å². The number of benzene rings is 1. The summed E-state index contributed by atoms with van der Waals surface area (Å²) in [6.07, 6.45) is 4.22. The summed E-state index contributed by atoms with van der Waals surface area (Å²) >= 11 is 0. The Morgan fingerprint density at radius 1 is 1.13 bits per heavy atom. The van der Waals surface area contributed by atoms with Crippen LogP contribution in [0.1, 0.15) is 19.5 Å². The zero-order chi connectivity index (χ0) is 22.6.